The van der Waals surface area contributed by atoms with Gasteiger partial charge in [0.25, 0.3) is 0 Å². The third-order valence-electron chi connectivity index (χ3n) is 2.55. The molecule has 1 amide bonds. The summed E-state index contributed by atoms with van der Waals surface area (Å²) in [6, 6.07) is 11.1. The highest BCUT2D eigenvalue weighted by molar-refractivity contribution is 5.94. The van der Waals surface area contributed by atoms with Gasteiger partial charge in [0, 0.05) is 5.69 Å². The average molecular weight is 241 g/mol. The number of hydrogen-bond donors (Lipinski definition) is 1. The van der Waals surface area contributed by atoms with E-state index in [2.05, 4.69) is 11.4 Å². The first-order valence-corrected chi connectivity index (χ1v) is 5.87. The van der Waals surface area contributed by atoms with E-state index in [1.54, 1.807) is 24.3 Å². The molecule has 4 heteroatoms. The number of rotatable bonds is 5. The van der Waals surface area contributed by atoms with Crippen LogP contribution in [-0.2, 0) is 11.2 Å². The molecule has 1 atom stereocenters. The molecule has 0 bridgehead atoms. The van der Waals surface area contributed by atoms with Crippen LogP contribution >= 0.6 is 0 Å². The highest BCUT2D eigenvalue weighted by Crippen LogP contribution is 2.13. The van der Waals surface area contributed by atoms with E-state index < -0.39 is 5.92 Å². The molecule has 1 unspecified atom stereocenters. The van der Waals surface area contributed by atoms with Gasteiger partial charge in [0.1, 0.15) is 5.92 Å². The number of amides is 1. The van der Waals surface area contributed by atoms with Crippen molar-refractivity contribution in [2.24, 2.45) is 5.92 Å². The molecule has 1 aromatic rings. The zero-order valence-electron chi connectivity index (χ0n) is 10.3. The van der Waals surface area contributed by atoms with E-state index >= 15 is 0 Å². The maximum Gasteiger partial charge on any atom is 0.241 e. The maximum absolute atomic E-state index is 11.8. The summed E-state index contributed by atoms with van der Waals surface area (Å²) in [6.07, 6.45) is 1.71. The topological polar surface area (TPSA) is 76.7 Å². The molecule has 1 aromatic carbocycles. The van der Waals surface area contributed by atoms with Crippen LogP contribution in [0.2, 0.25) is 0 Å². The minimum Gasteiger partial charge on any atom is -0.325 e. The van der Waals surface area contributed by atoms with Crippen LogP contribution < -0.4 is 5.32 Å². The normalized spacial score (nSPS) is 11.1. The van der Waals surface area contributed by atoms with Crippen LogP contribution in [0.5, 0.6) is 0 Å². The largest absolute Gasteiger partial charge is 0.325 e. The Hall–Kier alpha value is -2.33. The van der Waals surface area contributed by atoms with Crippen LogP contribution in [-0.4, -0.2) is 5.91 Å². The number of hydrogen-bond acceptors (Lipinski definition) is 3. The predicted molar refractivity (Wildman–Crippen MR) is 68.4 cm³/mol. The molecule has 18 heavy (non-hydrogen) atoms. The van der Waals surface area contributed by atoms with E-state index in [-0.39, 0.29) is 5.91 Å². The van der Waals surface area contributed by atoms with Gasteiger partial charge >= 0.3 is 0 Å². The Morgan fingerprint density at radius 3 is 2.50 bits per heavy atom. The van der Waals surface area contributed by atoms with E-state index in [1.165, 1.54) is 0 Å². The van der Waals surface area contributed by atoms with E-state index in [9.17, 15) is 4.79 Å². The number of nitriles is 2. The molecule has 0 aromatic heterocycles. The average Bonchev–Trinajstić information content (AvgIpc) is 2.38. The zero-order chi connectivity index (χ0) is 13.4. The fraction of sp³-hybridized carbons (Fsp3) is 0.357. The number of nitrogens with one attached hydrogen (secondary N) is 1. The molecule has 92 valence electrons. The Labute approximate surface area is 107 Å². The standard InChI is InChI=1S/C14H15N3O/c1-2-3-12(10-16)14(18)17-13-6-4-11(5-7-13)8-9-15/h4-7,12H,2-3,8H2,1H3,(H,17,18). The Balaban J connectivity index is 2.65. The van der Waals surface area contributed by atoms with Crippen molar-refractivity contribution < 1.29 is 4.79 Å². The van der Waals surface area contributed by atoms with Crippen molar-refractivity contribution in [1.82, 2.24) is 0 Å². The molecular weight excluding hydrogens is 226 g/mol. The predicted octanol–water partition coefficient (Wildman–Crippen LogP) is 2.63. The smallest absolute Gasteiger partial charge is 0.241 e. The van der Waals surface area contributed by atoms with Crippen molar-refractivity contribution in [2.45, 2.75) is 26.2 Å². The van der Waals surface area contributed by atoms with Crippen LogP contribution in [0, 0.1) is 28.6 Å². The quantitative estimate of drug-likeness (QED) is 0.860. The second kappa shape index (κ2) is 7.09. The maximum atomic E-state index is 11.8. The van der Waals surface area contributed by atoms with Gasteiger partial charge in [0.15, 0.2) is 0 Å². The Morgan fingerprint density at radius 1 is 1.33 bits per heavy atom. The number of carbonyl (C=O) groups excluding carboxylic acids is 1. The fourth-order valence-electron chi connectivity index (χ4n) is 1.57. The zero-order valence-corrected chi connectivity index (χ0v) is 10.3. The third-order valence-corrected chi connectivity index (χ3v) is 2.55. The van der Waals surface area contributed by atoms with E-state index in [0.29, 0.717) is 18.5 Å². The fourth-order valence-corrected chi connectivity index (χ4v) is 1.57. The van der Waals surface area contributed by atoms with Gasteiger partial charge in [0.2, 0.25) is 5.91 Å². The Kier molecular flexibility index (Phi) is 5.41. The van der Waals surface area contributed by atoms with Crippen LogP contribution in [0.25, 0.3) is 0 Å². The minimum atomic E-state index is -0.603. The first-order valence-electron chi connectivity index (χ1n) is 5.87. The third kappa shape index (κ3) is 3.92. The monoisotopic (exact) mass is 241 g/mol. The van der Waals surface area contributed by atoms with Crippen molar-refractivity contribution >= 4 is 11.6 Å². The van der Waals surface area contributed by atoms with Crippen LogP contribution in [0.3, 0.4) is 0 Å². The van der Waals surface area contributed by atoms with E-state index in [0.717, 1.165) is 12.0 Å². The van der Waals surface area contributed by atoms with Gasteiger partial charge in [-0.3, -0.25) is 4.79 Å². The summed E-state index contributed by atoms with van der Waals surface area (Å²) < 4.78 is 0. The van der Waals surface area contributed by atoms with Gasteiger partial charge in [-0.25, -0.2) is 0 Å². The highest BCUT2D eigenvalue weighted by Gasteiger charge is 2.16. The lowest BCUT2D eigenvalue weighted by Crippen LogP contribution is -2.21. The van der Waals surface area contributed by atoms with Gasteiger partial charge in [-0.05, 0) is 24.1 Å². The molecule has 0 saturated heterocycles. The summed E-state index contributed by atoms with van der Waals surface area (Å²) >= 11 is 0. The number of carbonyl (C=O) groups is 1. The molecular formula is C14H15N3O. The first kappa shape index (κ1) is 13.7. The van der Waals surface area contributed by atoms with Crippen LogP contribution in [0.4, 0.5) is 5.69 Å². The lowest BCUT2D eigenvalue weighted by atomic mass is 10.0. The van der Waals surface area contributed by atoms with Crippen molar-refractivity contribution in [1.29, 1.82) is 10.5 Å². The second-order valence-corrected chi connectivity index (χ2v) is 3.99. The summed E-state index contributed by atoms with van der Waals surface area (Å²) in [7, 11) is 0. The summed E-state index contributed by atoms with van der Waals surface area (Å²) in [5.41, 5.74) is 1.55. The minimum absolute atomic E-state index is 0.271. The molecule has 0 aliphatic carbocycles. The summed E-state index contributed by atoms with van der Waals surface area (Å²) in [4.78, 5) is 11.8. The molecule has 0 aliphatic rings. The lowest BCUT2D eigenvalue weighted by molar-refractivity contribution is -0.118. The van der Waals surface area contributed by atoms with E-state index in [4.69, 9.17) is 10.5 Å². The molecule has 0 heterocycles. The van der Waals surface area contributed by atoms with Crippen molar-refractivity contribution in [2.75, 3.05) is 5.32 Å². The van der Waals surface area contributed by atoms with Crippen LogP contribution in [0.1, 0.15) is 25.3 Å². The molecule has 0 radical (unpaired) electrons. The van der Waals surface area contributed by atoms with Gasteiger partial charge in [-0.15, -0.1) is 0 Å². The molecule has 0 aliphatic heterocycles. The molecule has 0 saturated carbocycles. The lowest BCUT2D eigenvalue weighted by Gasteiger charge is -2.09. The van der Waals surface area contributed by atoms with Gasteiger partial charge in [-0.1, -0.05) is 25.5 Å². The number of nitrogens with zero attached hydrogens (tertiary/aromatic N) is 2. The first-order chi connectivity index (χ1) is 8.71. The van der Waals surface area contributed by atoms with Gasteiger partial charge < -0.3 is 5.32 Å². The van der Waals surface area contributed by atoms with E-state index in [1.807, 2.05) is 13.0 Å². The number of anilines is 1. The SMILES string of the molecule is CCCC(C#N)C(=O)Nc1ccc(CC#N)cc1. The van der Waals surface area contributed by atoms with Crippen LogP contribution in [0.15, 0.2) is 24.3 Å². The molecule has 1 rings (SSSR count). The number of benzene rings is 1. The van der Waals surface area contributed by atoms with Gasteiger partial charge in [0.05, 0.1) is 18.6 Å². The Bertz CT molecular complexity index is 479. The molecule has 0 spiro atoms. The van der Waals surface area contributed by atoms with Crippen molar-refractivity contribution in [3.05, 3.63) is 29.8 Å². The molecule has 4 nitrogen and oxygen atoms in total. The summed E-state index contributed by atoms with van der Waals surface area (Å²) in [5, 5.41) is 20.1. The van der Waals surface area contributed by atoms with Gasteiger partial charge in [-0.2, -0.15) is 10.5 Å². The Morgan fingerprint density at radius 2 is 2.00 bits per heavy atom. The highest BCUT2D eigenvalue weighted by atomic mass is 16.1. The molecule has 0 fully saturated rings. The summed E-state index contributed by atoms with van der Waals surface area (Å²) in [6.45, 7) is 1.94. The second-order valence-electron chi connectivity index (χ2n) is 3.99. The van der Waals surface area contributed by atoms with Crippen molar-refractivity contribution in [3.8, 4) is 12.1 Å². The summed E-state index contributed by atoms with van der Waals surface area (Å²) in [5.74, 6) is -0.874. The van der Waals surface area contributed by atoms with Crippen molar-refractivity contribution in [3.63, 3.8) is 0 Å². The molecule has 1 N–H and O–H groups in total.